The summed E-state index contributed by atoms with van der Waals surface area (Å²) in [6, 6.07) is 0.363. The molecule has 0 aliphatic heterocycles. The maximum atomic E-state index is 12.4. The number of rotatable bonds is 3. The largest absolute Gasteiger partial charge is 0.353 e. The van der Waals surface area contributed by atoms with E-state index in [0.717, 1.165) is 12.8 Å². The Morgan fingerprint density at radius 1 is 1.16 bits per heavy atom. The molecule has 0 saturated heterocycles. The highest BCUT2D eigenvalue weighted by Gasteiger charge is 2.60. The molecule has 0 aromatic heterocycles. The van der Waals surface area contributed by atoms with E-state index in [1.807, 2.05) is 0 Å². The Balaban J connectivity index is 1.91. The average Bonchev–Trinajstić information content (AvgIpc) is 2.92. The van der Waals surface area contributed by atoms with Gasteiger partial charge < -0.3 is 5.32 Å². The lowest BCUT2D eigenvalue weighted by molar-refractivity contribution is -0.123. The fraction of sp³-hybridized carbons (Fsp3) is 0.800. The molecule has 2 atom stereocenters. The molecule has 0 aromatic carbocycles. The first kappa shape index (κ1) is 15.2. The first-order chi connectivity index (χ1) is 8.93. The predicted octanol–water partition coefficient (Wildman–Crippen LogP) is 4.42. The van der Waals surface area contributed by atoms with Gasteiger partial charge in [0.2, 0.25) is 5.91 Å². The fourth-order valence-electron chi connectivity index (χ4n) is 3.34. The van der Waals surface area contributed by atoms with E-state index in [9.17, 15) is 4.79 Å². The second kappa shape index (κ2) is 6.05. The van der Waals surface area contributed by atoms with Crippen LogP contribution in [0.1, 0.15) is 52.4 Å². The molecule has 0 heterocycles. The Labute approximate surface area is 125 Å². The summed E-state index contributed by atoms with van der Waals surface area (Å²) in [6.07, 6.45) is 9.11. The molecule has 2 fully saturated rings. The number of amides is 1. The lowest BCUT2D eigenvalue weighted by Gasteiger charge is -2.16. The summed E-state index contributed by atoms with van der Waals surface area (Å²) in [6.45, 7) is 4.20. The van der Waals surface area contributed by atoms with Gasteiger partial charge >= 0.3 is 0 Å². The Hall–Kier alpha value is -0.210. The van der Waals surface area contributed by atoms with Crippen LogP contribution >= 0.6 is 23.2 Å². The Morgan fingerprint density at radius 3 is 2.26 bits per heavy atom. The van der Waals surface area contributed by atoms with Crippen molar-refractivity contribution in [2.24, 2.45) is 17.3 Å². The molecule has 19 heavy (non-hydrogen) atoms. The summed E-state index contributed by atoms with van der Waals surface area (Å²) >= 11 is 11.4. The highest BCUT2D eigenvalue weighted by molar-refractivity contribution is 6.55. The van der Waals surface area contributed by atoms with E-state index in [4.69, 9.17) is 23.2 Å². The normalized spacial score (nSPS) is 30.3. The zero-order chi connectivity index (χ0) is 14.0. The van der Waals surface area contributed by atoms with Gasteiger partial charge in [-0.15, -0.1) is 0 Å². The van der Waals surface area contributed by atoms with Gasteiger partial charge in [-0.2, -0.15) is 0 Å². The molecule has 2 aliphatic carbocycles. The monoisotopic (exact) mass is 303 g/mol. The van der Waals surface area contributed by atoms with Gasteiger partial charge in [0.15, 0.2) is 0 Å². The van der Waals surface area contributed by atoms with Crippen molar-refractivity contribution in [3.05, 3.63) is 10.6 Å². The molecule has 0 unspecified atom stereocenters. The van der Waals surface area contributed by atoms with E-state index in [0.29, 0.717) is 6.04 Å². The van der Waals surface area contributed by atoms with Gasteiger partial charge in [-0.1, -0.05) is 62.7 Å². The van der Waals surface area contributed by atoms with Crippen LogP contribution in [0.2, 0.25) is 0 Å². The first-order valence-electron chi connectivity index (χ1n) is 7.26. The number of nitrogens with one attached hydrogen (secondary N) is 1. The quantitative estimate of drug-likeness (QED) is 0.768. The molecule has 2 rings (SSSR count). The lowest BCUT2D eigenvalue weighted by atomic mass is 10.1. The summed E-state index contributed by atoms with van der Waals surface area (Å²) in [4.78, 5) is 12.4. The maximum Gasteiger partial charge on any atom is 0.224 e. The van der Waals surface area contributed by atoms with Crippen molar-refractivity contribution in [1.29, 1.82) is 0 Å². The number of hydrogen-bond acceptors (Lipinski definition) is 1. The third-order valence-corrected chi connectivity index (χ3v) is 4.95. The van der Waals surface area contributed by atoms with Gasteiger partial charge in [0.05, 0.1) is 5.92 Å². The van der Waals surface area contributed by atoms with E-state index >= 15 is 0 Å². The number of carbonyl (C=O) groups is 1. The van der Waals surface area contributed by atoms with Crippen LogP contribution in [0.25, 0.3) is 0 Å². The number of allylic oxidation sites excluding steroid dienone is 1. The van der Waals surface area contributed by atoms with Crippen molar-refractivity contribution in [3.63, 3.8) is 0 Å². The molecule has 1 amide bonds. The summed E-state index contributed by atoms with van der Waals surface area (Å²) in [7, 11) is 0. The summed E-state index contributed by atoms with van der Waals surface area (Å²) in [5, 5.41) is 3.23. The summed E-state index contributed by atoms with van der Waals surface area (Å²) in [5.41, 5.74) is -0.0240. The van der Waals surface area contributed by atoms with Crippen molar-refractivity contribution in [2.45, 2.75) is 58.4 Å². The van der Waals surface area contributed by atoms with Gasteiger partial charge in [0.25, 0.3) is 0 Å². The summed E-state index contributed by atoms with van der Waals surface area (Å²) in [5.74, 6) is 0.360. The van der Waals surface area contributed by atoms with Crippen LogP contribution in [-0.2, 0) is 4.79 Å². The van der Waals surface area contributed by atoms with Gasteiger partial charge in [-0.25, -0.2) is 0 Å². The van der Waals surface area contributed by atoms with Gasteiger partial charge in [-0.05, 0) is 30.3 Å². The van der Waals surface area contributed by atoms with E-state index in [1.165, 1.54) is 25.7 Å². The highest BCUT2D eigenvalue weighted by Crippen LogP contribution is 2.59. The van der Waals surface area contributed by atoms with E-state index in [-0.39, 0.29) is 27.6 Å². The van der Waals surface area contributed by atoms with Crippen LogP contribution in [0.3, 0.4) is 0 Å². The molecule has 4 heteroatoms. The number of hydrogen-bond donors (Lipinski definition) is 1. The molecule has 0 aromatic rings. The first-order valence-corrected chi connectivity index (χ1v) is 8.01. The van der Waals surface area contributed by atoms with Crippen molar-refractivity contribution < 1.29 is 4.79 Å². The van der Waals surface area contributed by atoms with E-state index in [2.05, 4.69) is 19.2 Å². The second-order valence-corrected chi connectivity index (χ2v) is 7.49. The average molecular weight is 304 g/mol. The van der Waals surface area contributed by atoms with Crippen molar-refractivity contribution in [3.8, 4) is 0 Å². The Morgan fingerprint density at radius 2 is 1.74 bits per heavy atom. The lowest BCUT2D eigenvalue weighted by Crippen LogP contribution is -2.36. The Kier molecular flexibility index (Phi) is 4.84. The fourth-order valence-corrected chi connectivity index (χ4v) is 3.61. The third kappa shape index (κ3) is 3.66. The minimum atomic E-state index is -0.0240. The van der Waals surface area contributed by atoms with Crippen LogP contribution in [-0.4, -0.2) is 11.9 Å². The second-order valence-electron chi connectivity index (χ2n) is 6.48. The topological polar surface area (TPSA) is 29.1 Å². The van der Waals surface area contributed by atoms with Crippen LogP contribution < -0.4 is 5.32 Å². The van der Waals surface area contributed by atoms with Crippen molar-refractivity contribution in [1.82, 2.24) is 5.32 Å². The van der Waals surface area contributed by atoms with Crippen LogP contribution in [0.4, 0.5) is 0 Å². The molecular weight excluding hydrogens is 281 g/mol. The molecule has 1 N–H and O–H groups in total. The number of carbonyl (C=O) groups excluding carboxylic acids is 1. The molecular formula is C15H23Cl2NO. The van der Waals surface area contributed by atoms with Crippen molar-refractivity contribution >= 4 is 29.1 Å². The Bertz CT molecular complexity index is 366. The summed E-state index contributed by atoms with van der Waals surface area (Å²) < 4.78 is 0.267. The van der Waals surface area contributed by atoms with Crippen LogP contribution in [0.5, 0.6) is 0 Å². The minimum absolute atomic E-state index is 0.0169. The SMILES string of the molecule is CC1(C)[C@H](C=C(Cl)Cl)[C@@H]1C(=O)NC1CCCCCC1. The molecule has 0 spiro atoms. The highest BCUT2D eigenvalue weighted by atomic mass is 35.5. The minimum Gasteiger partial charge on any atom is -0.353 e. The standard InChI is InChI=1S/C15H23Cl2NO/c1-15(2)11(9-12(16)17)13(15)14(19)18-10-7-5-3-4-6-8-10/h9-11,13H,3-8H2,1-2H3,(H,18,19)/t11-,13-/m1/s1. The van der Waals surface area contributed by atoms with Gasteiger partial charge in [0.1, 0.15) is 4.49 Å². The van der Waals surface area contributed by atoms with Crippen molar-refractivity contribution in [2.75, 3.05) is 0 Å². The zero-order valence-electron chi connectivity index (χ0n) is 11.7. The molecule has 2 saturated carbocycles. The van der Waals surface area contributed by atoms with Crippen LogP contribution in [0.15, 0.2) is 10.6 Å². The molecule has 0 bridgehead atoms. The molecule has 2 aliphatic rings. The zero-order valence-corrected chi connectivity index (χ0v) is 13.2. The number of halogens is 2. The van der Waals surface area contributed by atoms with E-state index < -0.39 is 0 Å². The maximum absolute atomic E-state index is 12.4. The van der Waals surface area contributed by atoms with Crippen LogP contribution in [0, 0.1) is 17.3 Å². The molecule has 2 nitrogen and oxygen atoms in total. The van der Waals surface area contributed by atoms with Gasteiger partial charge in [0, 0.05) is 6.04 Å². The third-order valence-electron chi connectivity index (χ3n) is 4.70. The molecule has 108 valence electrons. The van der Waals surface area contributed by atoms with Gasteiger partial charge in [-0.3, -0.25) is 4.79 Å². The molecule has 0 radical (unpaired) electrons. The smallest absolute Gasteiger partial charge is 0.224 e. The predicted molar refractivity (Wildman–Crippen MR) is 80.2 cm³/mol. The van der Waals surface area contributed by atoms with E-state index in [1.54, 1.807) is 6.08 Å².